The van der Waals surface area contributed by atoms with Crippen molar-refractivity contribution in [1.82, 2.24) is 0 Å². The molecule has 0 spiro atoms. The molecule has 0 saturated heterocycles. The van der Waals surface area contributed by atoms with Crippen molar-refractivity contribution in [3.63, 3.8) is 0 Å². The van der Waals surface area contributed by atoms with Gasteiger partial charge in [-0.05, 0) is 51.4 Å². The van der Waals surface area contributed by atoms with Crippen LogP contribution in [0.15, 0.2) is 11.6 Å². The van der Waals surface area contributed by atoms with Crippen LogP contribution in [-0.2, 0) is 9.59 Å². The van der Waals surface area contributed by atoms with Gasteiger partial charge in [0, 0.05) is 11.8 Å². The molecule has 2 atom stereocenters. The fourth-order valence-electron chi connectivity index (χ4n) is 4.91. The normalized spacial score (nSPS) is 26.6. The predicted octanol–water partition coefficient (Wildman–Crippen LogP) is 5.04. The molecule has 0 bridgehead atoms. The van der Waals surface area contributed by atoms with Crippen molar-refractivity contribution in [2.75, 3.05) is 0 Å². The third-order valence-electron chi connectivity index (χ3n) is 6.76. The number of ketones is 1. The Morgan fingerprint density at radius 1 is 1.23 bits per heavy atom. The van der Waals surface area contributed by atoms with Crippen molar-refractivity contribution >= 4 is 11.8 Å². The van der Waals surface area contributed by atoms with Gasteiger partial charge in [-0.1, -0.05) is 57.1 Å². The molecule has 2 aliphatic rings. The molecule has 2 N–H and O–H groups in total. The highest BCUT2D eigenvalue weighted by Crippen LogP contribution is 2.43. The third-order valence-corrected chi connectivity index (χ3v) is 6.76. The molecule has 26 heavy (non-hydrogen) atoms. The number of carbonyl (C=O) groups excluding carboxylic acids is 1. The number of carboxylic acid groups (broad SMARTS) is 1. The smallest absolute Gasteiger partial charge is 0.335 e. The maximum Gasteiger partial charge on any atom is 0.335 e. The molecule has 2 rings (SSSR count). The number of aliphatic carboxylic acids is 1. The van der Waals surface area contributed by atoms with E-state index in [1.165, 1.54) is 5.57 Å². The van der Waals surface area contributed by atoms with Crippen LogP contribution in [0.1, 0.15) is 97.3 Å². The van der Waals surface area contributed by atoms with E-state index in [1.807, 2.05) is 0 Å². The fraction of sp³-hybridized carbons (Fsp3) is 0.818. The van der Waals surface area contributed by atoms with E-state index in [9.17, 15) is 19.8 Å². The van der Waals surface area contributed by atoms with Gasteiger partial charge in [-0.2, -0.15) is 0 Å². The Kier molecular flexibility index (Phi) is 7.45. The molecular formula is C22H36O4. The van der Waals surface area contributed by atoms with Gasteiger partial charge < -0.3 is 10.2 Å². The minimum Gasteiger partial charge on any atom is -0.479 e. The summed E-state index contributed by atoms with van der Waals surface area (Å²) in [5, 5.41) is 20.3. The lowest BCUT2D eigenvalue weighted by molar-refractivity contribution is -0.167. The molecule has 1 fully saturated rings. The first-order valence-corrected chi connectivity index (χ1v) is 10.5. The van der Waals surface area contributed by atoms with Gasteiger partial charge in [0.25, 0.3) is 0 Å². The van der Waals surface area contributed by atoms with Gasteiger partial charge in [0.2, 0.25) is 0 Å². The number of hydrogen-bond acceptors (Lipinski definition) is 3. The van der Waals surface area contributed by atoms with Gasteiger partial charge in [0.1, 0.15) is 5.78 Å². The highest BCUT2D eigenvalue weighted by atomic mass is 16.4. The average molecular weight is 365 g/mol. The second kappa shape index (κ2) is 9.16. The second-order valence-corrected chi connectivity index (χ2v) is 8.56. The van der Waals surface area contributed by atoms with Crippen molar-refractivity contribution in [2.45, 2.75) is 103 Å². The summed E-state index contributed by atoms with van der Waals surface area (Å²) in [6.45, 7) is 4.21. The maximum absolute atomic E-state index is 12.3. The first-order chi connectivity index (χ1) is 12.3. The van der Waals surface area contributed by atoms with Crippen molar-refractivity contribution in [1.29, 1.82) is 0 Å². The molecule has 0 radical (unpaired) electrons. The number of carbonyl (C=O) groups is 2. The molecule has 0 aromatic carbocycles. The molecule has 0 amide bonds. The lowest BCUT2D eigenvalue weighted by Gasteiger charge is -2.35. The standard InChI is InChI=1S/C22H36O4/c1-3-10-17-13-14-19(23)21(17,2)15-8-5-9-16-22(26,20(24)25)18-11-6-4-7-12-18/h13,18,26H,3-12,14-16H2,1-2H3,(H,24,25)/t21-,22?/m1/s1. The number of allylic oxidation sites excluding steroid dienone is 2. The number of Topliss-reactive ketones (excluding diaryl/α,β-unsaturated/α-hetero) is 1. The van der Waals surface area contributed by atoms with Crippen molar-refractivity contribution in [3.8, 4) is 0 Å². The Morgan fingerprint density at radius 2 is 1.92 bits per heavy atom. The minimum absolute atomic E-state index is 0.109. The summed E-state index contributed by atoms with van der Waals surface area (Å²) in [6.07, 6.45) is 13.2. The summed E-state index contributed by atoms with van der Waals surface area (Å²) >= 11 is 0. The van der Waals surface area contributed by atoms with Gasteiger partial charge in [0.05, 0.1) is 0 Å². The Morgan fingerprint density at radius 3 is 2.54 bits per heavy atom. The third kappa shape index (κ3) is 4.57. The second-order valence-electron chi connectivity index (χ2n) is 8.56. The molecule has 1 unspecified atom stereocenters. The zero-order valence-corrected chi connectivity index (χ0v) is 16.6. The van der Waals surface area contributed by atoms with Gasteiger partial charge in [-0.15, -0.1) is 0 Å². The van der Waals surface area contributed by atoms with E-state index in [1.54, 1.807) is 0 Å². The molecule has 0 heterocycles. The van der Waals surface area contributed by atoms with E-state index in [-0.39, 0.29) is 11.3 Å². The van der Waals surface area contributed by atoms with E-state index >= 15 is 0 Å². The Labute approximate surface area is 158 Å². The summed E-state index contributed by atoms with van der Waals surface area (Å²) < 4.78 is 0. The van der Waals surface area contributed by atoms with Crippen LogP contribution in [0.3, 0.4) is 0 Å². The van der Waals surface area contributed by atoms with Gasteiger partial charge >= 0.3 is 5.97 Å². The van der Waals surface area contributed by atoms with Gasteiger partial charge in [0.15, 0.2) is 5.60 Å². The SMILES string of the molecule is CCCC1=CCC(=O)[C@]1(C)CCCCCC(O)(C(=O)O)C1CCCCC1. The van der Waals surface area contributed by atoms with Crippen molar-refractivity contribution in [2.24, 2.45) is 11.3 Å². The van der Waals surface area contributed by atoms with Gasteiger partial charge in [-0.3, -0.25) is 4.79 Å². The number of unbranched alkanes of at least 4 members (excludes halogenated alkanes) is 2. The molecule has 0 aromatic rings. The van der Waals surface area contributed by atoms with Crippen molar-refractivity contribution < 1.29 is 19.8 Å². The first kappa shape index (κ1) is 21.1. The Balaban J connectivity index is 1.82. The predicted molar refractivity (Wildman–Crippen MR) is 103 cm³/mol. The number of rotatable bonds is 10. The molecule has 4 heteroatoms. The maximum atomic E-state index is 12.3. The van der Waals surface area contributed by atoms with Crippen LogP contribution in [0.2, 0.25) is 0 Å². The Hall–Kier alpha value is -1.16. The molecule has 1 saturated carbocycles. The van der Waals surface area contributed by atoms with Crippen LogP contribution in [0.5, 0.6) is 0 Å². The van der Waals surface area contributed by atoms with Crippen LogP contribution < -0.4 is 0 Å². The van der Waals surface area contributed by atoms with Crippen LogP contribution >= 0.6 is 0 Å². The summed E-state index contributed by atoms with van der Waals surface area (Å²) in [6, 6.07) is 0. The molecule has 148 valence electrons. The van der Waals surface area contributed by atoms with E-state index in [4.69, 9.17) is 0 Å². The average Bonchev–Trinajstić information content (AvgIpc) is 2.90. The molecule has 4 nitrogen and oxygen atoms in total. The molecule has 0 aromatic heterocycles. The lowest BCUT2D eigenvalue weighted by atomic mass is 9.73. The fourth-order valence-corrected chi connectivity index (χ4v) is 4.91. The summed E-state index contributed by atoms with van der Waals surface area (Å²) in [5.74, 6) is -0.845. The van der Waals surface area contributed by atoms with E-state index < -0.39 is 11.6 Å². The van der Waals surface area contributed by atoms with Gasteiger partial charge in [-0.25, -0.2) is 4.79 Å². The number of carboxylic acids is 1. The Bertz CT molecular complexity index is 532. The monoisotopic (exact) mass is 364 g/mol. The van der Waals surface area contributed by atoms with E-state index in [0.29, 0.717) is 25.0 Å². The summed E-state index contributed by atoms with van der Waals surface area (Å²) in [4.78, 5) is 24.0. The largest absolute Gasteiger partial charge is 0.479 e. The highest BCUT2D eigenvalue weighted by Gasteiger charge is 2.44. The minimum atomic E-state index is -1.57. The van der Waals surface area contributed by atoms with E-state index in [2.05, 4.69) is 19.9 Å². The topological polar surface area (TPSA) is 74.6 Å². The summed E-state index contributed by atoms with van der Waals surface area (Å²) in [7, 11) is 0. The first-order valence-electron chi connectivity index (χ1n) is 10.5. The zero-order valence-electron chi connectivity index (χ0n) is 16.6. The molecular weight excluding hydrogens is 328 g/mol. The zero-order chi connectivity index (χ0) is 19.2. The van der Waals surface area contributed by atoms with Crippen LogP contribution in [-0.4, -0.2) is 27.6 Å². The summed E-state index contributed by atoms with van der Waals surface area (Å²) in [5.41, 5.74) is -0.599. The lowest BCUT2D eigenvalue weighted by Crippen LogP contribution is -2.46. The van der Waals surface area contributed by atoms with Crippen LogP contribution in [0.25, 0.3) is 0 Å². The van der Waals surface area contributed by atoms with Crippen LogP contribution in [0.4, 0.5) is 0 Å². The van der Waals surface area contributed by atoms with Crippen LogP contribution in [0, 0.1) is 11.3 Å². The molecule has 0 aliphatic heterocycles. The van der Waals surface area contributed by atoms with E-state index in [0.717, 1.165) is 64.2 Å². The molecule has 2 aliphatic carbocycles. The number of aliphatic hydroxyl groups is 1. The quantitative estimate of drug-likeness (QED) is 0.421. The highest BCUT2D eigenvalue weighted by molar-refractivity contribution is 5.91. The number of hydrogen-bond donors (Lipinski definition) is 2. The van der Waals surface area contributed by atoms with Crippen molar-refractivity contribution in [3.05, 3.63) is 11.6 Å².